The molecule has 0 amide bonds. The van der Waals surface area contributed by atoms with Crippen molar-refractivity contribution in [3.05, 3.63) is 18.0 Å². The molecule has 4 heteroatoms. The normalized spacial score (nSPS) is 10.7. The highest BCUT2D eigenvalue weighted by Gasteiger charge is 2.04. The Hall–Kier alpha value is -0.220. The van der Waals surface area contributed by atoms with Crippen LogP contribution in [0.2, 0.25) is 0 Å². The molecule has 66 valence electrons. The molecule has 0 aliphatic heterocycles. The van der Waals surface area contributed by atoms with Gasteiger partial charge in [0.1, 0.15) is 0 Å². The molecule has 1 aromatic rings. The van der Waals surface area contributed by atoms with Gasteiger partial charge in [0.2, 0.25) is 0 Å². The molecule has 0 aliphatic rings. The second kappa shape index (κ2) is 4.72. The van der Waals surface area contributed by atoms with Crippen molar-refractivity contribution >= 4 is 22.7 Å². The predicted octanol–water partition coefficient (Wildman–Crippen LogP) is 1.71. The zero-order valence-electron chi connectivity index (χ0n) is 7.57. The van der Waals surface area contributed by atoms with Crippen LogP contribution in [0.5, 0.6) is 0 Å². The van der Waals surface area contributed by atoms with Gasteiger partial charge in [-0.2, -0.15) is 0 Å². The third-order valence-corrected chi connectivity index (χ3v) is 4.01. The summed E-state index contributed by atoms with van der Waals surface area (Å²) in [5, 5.41) is 2.00. The summed E-state index contributed by atoms with van der Waals surface area (Å²) in [6.07, 6.45) is 8.17. The second-order valence-corrected chi connectivity index (χ2v) is 6.36. The molecule has 0 atom stereocenters. The maximum Gasteiger partial charge on any atom is 0.191 e. The van der Waals surface area contributed by atoms with E-state index >= 15 is 0 Å². The minimum absolute atomic E-state index is 0.462. The Morgan fingerprint density at radius 1 is 1.33 bits per heavy atom. The van der Waals surface area contributed by atoms with Crippen molar-refractivity contribution < 1.29 is 0 Å². The minimum Gasteiger partial charge on any atom is -0.231 e. The van der Waals surface area contributed by atoms with E-state index in [2.05, 4.69) is 22.5 Å². The van der Waals surface area contributed by atoms with Crippen LogP contribution in [0.15, 0.2) is 17.6 Å². The highest BCUT2D eigenvalue weighted by Crippen LogP contribution is 2.13. The Morgan fingerprint density at radius 3 is 2.42 bits per heavy atom. The molecule has 0 saturated heterocycles. The number of aryl methyl sites for hydroxylation is 1. The Labute approximate surface area is 80.5 Å². The van der Waals surface area contributed by atoms with Crippen LogP contribution in [0.25, 0.3) is 0 Å². The van der Waals surface area contributed by atoms with Gasteiger partial charge in [0.25, 0.3) is 0 Å². The van der Waals surface area contributed by atoms with Crippen molar-refractivity contribution in [2.45, 2.75) is 12.1 Å². The van der Waals surface area contributed by atoms with Gasteiger partial charge in [-0.1, -0.05) is 0 Å². The van der Waals surface area contributed by atoms with Gasteiger partial charge in [0, 0.05) is 12.4 Å². The molecular formula is C8H13N2S2+. The Kier molecular flexibility index (Phi) is 3.88. The fourth-order valence-electron chi connectivity index (χ4n) is 0.626. The van der Waals surface area contributed by atoms with Gasteiger partial charge in [0.05, 0.1) is 12.5 Å². The van der Waals surface area contributed by atoms with E-state index in [0.29, 0.717) is 10.9 Å². The quantitative estimate of drug-likeness (QED) is 0.423. The van der Waals surface area contributed by atoms with Crippen molar-refractivity contribution in [1.29, 1.82) is 0 Å². The average Bonchev–Trinajstić information content (AvgIpc) is 2.03. The third-order valence-electron chi connectivity index (χ3n) is 1.18. The molecule has 12 heavy (non-hydrogen) atoms. The largest absolute Gasteiger partial charge is 0.231 e. The van der Waals surface area contributed by atoms with Crippen LogP contribution in [0.1, 0.15) is 5.56 Å². The SMILES string of the molecule is Cc1cnc(SC[S+](C)C)nc1. The first kappa shape index (κ1) is 9.86. The first-order chi connectivity index (χ1) is 5.68. The maximum absolute atomic E-state index is 4.21. The van der Waals surface area contributed by atoms with Crippen molar-refractivity contribution in [1.82, 2.24) is 9.97 Å². The van der Waals surface area contributed by atoms with E-state index in [9.17, 15) is 0 Å². The average molecular weight is 201 g/mol. The predicted molar refractivity (Wildman–Crippen MR) is 56.7 cm³/mol. The first-order valence-electron chi connectivity index (χ1n) is 3.64. The van der Waals surface area contributed by atoms with Crippen LogP contribution in [0.4, 0.5) is 0 Å². The van der Waals surface area contributed by atoms with Crippen LogP contribution >= 0.6 is 11.8 Å². The van der Waals surface area contributed by atoms with Crippen LogP contribution in [0, 0.1) is 6.92 Å². The van der Waals surface area contributed by atoms with E-state index < -0.39 is 0 Å². The molecule has 1 aromatic heterocycles. The van der Waals surface area contributed by atoms with E-state index in [1.165, 1.54) is 0 Å². The summed E-state index contributed by atoms with van der Waals surface area (Å²) in [5.74, 6) is 0. The van der Waals surface area contributed by atoms with E-state index in [1.54, 1.807) is 11.8 Å². The molecule has 1 rings (SSSR count). The van der Waals surface area contributed by atoms with Gasteiger partial charge in [-0.15, -0.1) is 0 Å². The van der Waals surface area contributed by atoms with Crippen LogP contribution in [-0.4, -0.2) is 27.6 Å². The lowest BCUT2D eigenvalue weighted by atomic mass is 10.4. The second-order valence-electron chi connectivity index (χ2n) is 2.79. The summed E-state index contributed by atoms with van der Waals surface area (Å²) in [6, 6.07) is 0. The zero-order valence-corrected chi connectivity index (χ0v) is 9.21. The van der Waals surface area contributed by atoms with Gasteiger partial charge in [-0.3, -0.25) is 0 Å². The topological polar surface area (TPSA) is 25.8 Å². The number of nitrogens with zero attached hydrogens (tertiary/aromatic N) is 2. The standard InChI is InChI=1S/C8H13N2S2/c1-7-4-9-8(10-5-7)11-6-12(2)3/h4-5H,6H2,1-3H3/q+1. The fourth-order valence-corrected chi connectivity index (χ4v) is 2.24. The molecule has 0 spiro atoms. The van der Waals surface area contributed by atoms with Crippen LogP contribution in [0.3, 0.4) is 0 Å². The first-order valence-corrected chi connectivity index (χ1v) is 6.83. The van der Waals surface area contributed by atoms with Crippen molar-refractivity contribution in [3.8, 4) is 0 Å². The summed E-state index contributed by atoms with van der Waals surface area (Å²) in [5.41, 5.74) is 1.12. The van der Waals surface area contributed by atoms with E-state index in [-0.39, 0.29) is 0 Å². The fraction of sp³-hybridized carbons (Fsp3) is 0.500. The van der Waals surface area contributed by atoms with E-state index in [0.717, 1.165) is 15.8 Å². The van der Waals surface area contributed by atoms with E-state index in [4.69, 9.17) is 0 Å². The van der Waals surface area contributed by atoms with Crippen molar-refractivity contribution in [2.24, 2.45) is 0 Å². The summed E-state index contributed by atoms with van der Waals surface area (Å²) < 4.78 is 0. The van der Waals surface area contributed by atoms with Gasteiger partial charge in [-0.25, -0.2) is 9.97 Å². The number of thioether (sulfide) groups is 1. The number of hydrogen-bond donors (Lipinski definition) is 0. The Morgan fingerprint density at radius 2 is 1.92 bits per heavy atom. The summed E-state index contributed by atoms with van der Waals surface area (Å²) in [7, 11) is 0.462. The van der Waals surface area contributed by atoms with Gasteiger partial charge < -0.3 is 0 Å². The highest BCUT2D eigenvalue weighted by molar-refractivity contribution is 8.13. The van der Waals surface area contributed by atoms with Gasteiger partial charge >= 0.3 is 0 Å². The Bertz CT molecular complexity index is 233. The van der Waals surface area contributed by atoms with Crippen LogP contribution < -0.4 is 0 Å². The monoisotopic (exact) mass is 201 g/mol. The molecule has 0 saturated carbocycles. The third kappa shape index (κ3) is 3.45. The van der Waals surface area contributed by atoms with Crippen molar-refractivity contribution in [3.63, 3.8) is 0 Å². The summed E-state index contributed by atoms with van der Waals surface area (Å²) in [6.45, 7) is 2.00. The lowest BCUT2D eigenvalue weighted by Crippen LogP contribution is -1.98. The molecule has 0 bridgehead atoms. The van der Waals surface area contributed by atoms with Gasteiger partial charge in [0.15, 0.2) is 10.2 Å². The molecule has 0 aliphatic carbocycles. The Balaban J connectivity index is 2.48. The summed E-state index contributed by atoms with van der Waals surface area (Å²) in [4.78, 5) is 8.41. The molecular weight excluding hydrogens is 188 g/mol. The number of hydrogen-bond acceptors (Lipinski definition) is 3. The molecule has 0 unspecified atom stereocenters. The molecule has 0 aromatic carbocycles. The van der Waals surface area contributed by atoms with E-state index in [1.807, 2.05) is 19.3 Å². The number of rotatable bonds is 3. The highest BCUT2D eigenvalue weighted by atomic mass is 32.2. The molecule has 0 N–H and O–H groups in total. The molecule has 1 heterocycles. The molecule has 2 nitrogen and oxygen atoms in total. The van der Waals surface area contributed by atoms with Gasteiger partial charge in [-0.05, 0) is 35.1 Å². The maximum atomic E-state index is 4.21. The molecule has 0 fully saturated rings. The lowest BCUT2D eigenvalue weighted by Gasteiger charge is -1.97. The number of aromatic nitrogens is 2. The lowest BCUT2D eigenvalue weighted by molar-refractivity contribution is 0.952. The summed E-state index contributed by atoms with van der Waals surface area (Å²) >= 11 is 1.73. The molecule has 0 radical (unpaired) electrons. The van der Waals surface area contributed by atoms with Crippen LogP contribution in [-0.2, 0) is 10.9 Å². The van der Waals surface area contributed by atoms with Crippen molar-refractivity contribution in [2.75, 3.05) is 17.6 Å². The zero-order chi connectivity index (χ0) is 8.97. The minimum atomic E-state index is 0.462. The smallest absolute Gasteiger partial charge is 0.191 e.